The molecule has 0 saturated heterocycles. The summed E-state index contributed by atoms with van der Waals surface area (Å²) in [5.41, 5.74) is 2.18. The van der Waals surface area contributed by atoms with Gasteiger partial charge in [0.05, 0.1) is 11.8 Å². The van der Waals surface area contributed by atoms with E-state index in [9.17, 15) is 18.4 Å². The Hall–Kier alpha value is -2.15. The van der Waals surface area contributed by atoms with Crippen molar-refractivity contribution in [1.82, 2.24) is 5.32 Å². The molecule has 6 nitrogen and oxygen atoms in total. The van der Waals surface area contributed by atoms with Crippen LogP contribution in [-0.2, 0) is 9.84 Å². The van der Waals surface area contributed by atoms with E-state index in [0.717, 1.165) is 35.0 Å². The summed E-state index contributed by atoms with van der Waals surface area (Å²) >= 11 is 0. The van der Waals surface area contributed by atoms with E-state index in [-0.39, 0.29) is 11.4 Å². The van der Waals surface area contributed by atoms with E-state index < -0.39 is 21.8 Å². The smallest absolute Gasteiger partial charge is 0.321 e. The third kappa shape index (κ3) is 4.48. The lowest BCUT2D eigenvalue weighted by Crippen LogP contribution is -2.45. The highest BCUT2D eigenvalue weighted by molar-refractivity contribution is 7.94. The molecule has 25 heavy (non-hydrogen) atoms. The fourth-order valence-electron chi connectivity index (χ4n) is 3.22. The fourth-order valence-corrected chi connectivity index (χ4v) is 4.46. The Morgan fingerprint density at radius 3 is 2.72 bits per heavy atom. The van der Waals surface area contributed by atoms with Gasteiger partial charge in [0.25, 0.3) is 0 Å². The number of allylic oxidation sites excluding steroid dienone is 2. The zero-order chi connectivity index (χ0) is 17.9. The van der Waals surface area contributed by atoms with E-state index in [1.54, 1.807) is 12.3 Å². The molecule has 2 aliphatic rings. The number of carbonyl (C=O) groups excluding carboxylic acids is 1. The first-order valence-corrected chi connectivity index (χ1v) is 10.3. The first-order chi connectivity index (χ1) is 11.9. The van der Waals surface area contributed by atoms with Gasteiger partial charge in [0.15, 0.2) is 9.84 Å². The van der Waals surface area contributed by atoms with Gasteiger partial charge in [-0.25, -0.2) is 8.42 Å². The Morgan fingerprint density at radius 2 is 2.00 bits per heavy atom. The van der Waals surface area contributed by atoms with Crippen molar-refractivity contribution in [2.24, 2.45) is 0 Å². The van der Waals surface area contributed by atoms with Crippen LogP contribution in [-0.4, -0.2) is 31.3 Å². The maximum atomic E-state index is 12.3. The number of amides is 1. The monoisotopic (exact) mass is 363 g/mol. The maximum Gasteiger partial charge on any atom is 0.321 e. The Balaban J connectivity index is 1.73. The standard InChI is InChI=1S/C18H22N2O4S/c21-18(19-16-10-11-25(23,24)13-16)17-9-8-15(12-20(17)22)14-6-4-2-1-3-5-7-14/h6,8-12,16H,1-5,7,13H2,(H-,19,21,22)/p+1/b14-6+. The summed E-state index contributed by atoms with van der Waals surface area (Å²) < 4.78 is 23.6. The molecule has 0 spiro atoms. The average Bonchev–Trinajstić information content (AvgIpc) is 2.85. The van der Waals surface area contributed by atoms with Crippen LogP contribution in [0.3, 0.4) is 0 Å². The molecule has 1 atom stereocenters. The van der Waals surface area contributed by atoms with Crippen LogP contribution in [0.1, 0.15) is 54.6 Å². The van der Waals surface area contributed by atoms with Gasteiger partial charge in [0, 0.05) is 21.8 Å². The lowest BCUT2D eigenvalue weighted by atomic mass is 9.95. The number of aromatic nitrogens is 1. The van der Waals surface area contributed by atoms with Crippen molar-refractivity contribution in [1.29, 1.82) is 0 Å². The Bertz CT molecular complexity index is 827. The normalized spacial score (nSPS) is 24.8. The number of rotatable bonds is 3. The van der Waals surface area contributed by atoms with Crippen LogP contribution in [0.2, 0.25) is 0 Å². The zero-order valence-corrected chi connectivity index (χ0v) is 14.8. The number of sulfone groups is 1. The van der Waals surface area contributed by atoms with Gasteiger partial charge in [-0.3, -0.25) is 10.0 Å². The molecule has 0 aromatic carbocycles. The molecule has 1 aromatic heterocycles. The summed E-state index contributed by atoms with van der Waals surface area (Å²) in [6.07, 6.45) is 12.0. The first kappa shape index (κ1) is 17.7. The fraction of sp³-hybridized carbons (Fsp3) is 0.444. The molecular weight excluding hydrogens is 340 g/mol. The third-order valence-corrected chi connectivity index (χ3v) is 5.97. The second-order valence-corrected chi connectivity index (χ2v) is 8.50. The highest BCUT2D eigenvalue weighted by Crippen LogP contribution is 2.24. The van der Waals surface area contributed by atoms with Gasteiger partial charge < -0.3 is 5.32 Å². The van der Waals surface area contributed by atoms with E-state index in [4.69, 9.17) is 0 Å². The molecule has 0 radical (unpaired) electrons. The molecule has 134 valence electrons. The van der Waals surface area contributed by atoms with Gasteiger partial charge in [0.1, 0.15) is 0 Å². The summed E-state index contributed by atoms with van der Waals surface area (Å²) in [5, 5.41) is 13.9. The van der Waals surface area contributed by atoms with Crippen molar-refractivity contribution in [3.63, 3.8) is 0 Å². The van der Waals surface area contributed by atoms with Gasteiger partial charge in [-0.1, -0.05) is 18.9 Å². The molecular formula is C18H23N2O4S+. The summed E-state index contributed by atoms with van der Waals surface area (Å²) in [6.45, 7) is 0. The number of nitrogens with zero attached hydrogens (tertiary/aromatic N) is 1. The Morgan fingerprint density at radius 1 is 1.20 bits per heavy atom. The van der Waals surface area contributed by atoms with Crippen LogP contribution in [0, 0.1) is 0 Å². The molecule has 0 saturated carbocycles. The van der Waals surface area contributed by atoms with E-state index in [1.165, 1.54) is 30.9 Å². The van der Waals surface area contributed by atoms with Gasteiger partial charge in [-0.15, -0.1) is 0 Å². The SMILES string of the molecule is O=C(NC1C=CS(=O)(=O)C1)c1ccc(/C2=C/CCCCCC2)c[n+]1O. The molecule has 7 heteroatoms. The zero-order valence-electron chi connectivity index (χ0n) is 14.0. The largest absolute Gasteiger partial charge is 0.339 e. The van der Waals surface area contributed by atoms with Crippen molar-refractivity contribution in [3.05, 3.63) is 47.1 Å². The average molecular weight is 363 g/mol. The molecule has 1 aliphatic carbocycles. The molecule has 3 rings (SSSR count). The van der Waals surface area contributed by atoms with Crippen LogP contribution in [0.5, 0.6) is 0 Å². The second-order valence-electron chi connectivity index (χ2n) is 6.57. The van der Waals surface area contributed by atoms with Gasteiger partial charge >= 0.3 is 11.6 Å². The molecule has 0 fully saturated rings. The van der Waals surface area contributed by atoms with E-state index in [0.29, 0.717) is 0 Å². The third-order valence-electron chi connectivity index (χ3n) is 4.57. The minimum atomic E-state index is -3.23. The van der Waals surface area contributed by atoms with Crippen LogP contribution < -0.4 is 10.0 Å². The minimum absolute atomic E-state index is 0.0768. The van der Waals surface area contributed by atoms with Crippen molar-refractivity contribution < 1.29 is 23.1 Å². The quantitative estimate of drug-likeness (QED) is 0.635. The van der Waals surface area contributed by atoms with Crippen LogP contribution in [0.4, 0.5) is 0 Å². The number of hydrogen-bond donors (Lipinski definition) is 2. The number of hydrogen-bond acceptors (Lipinski definition) is 4. The minimum Gasteiger partial charge on any atom is -0.339 e. The van der Waals surface area contributed by atoms with Crippen LogP contribution in [0.15, 0.2) is 35.9 Å². The van der Waals surface area contributed by atoms with Gasteiger partial charge in [0.2, 0.25) is 6.20 Å². The van der Waals surface area contributed by atoms with E-state index in [2.05, 4.69) is 11.4 Å². The second kappa shape index (κ2) is 7.39. The first-order valence-electron chi connectivity index (χ1n) is 8.61. The summed E-state index contributed by atoms with van der Waals surface area (Å²) in [7, 11) is -3.23. The number of carbonyl (C=O) groups is 1. The summed E-state index contributed by atoms with van der Waals surface area (Å²) in [4.78, 5) is 12.3. The highest BCUT2D eigenvalue weighted by Gasteiger charge is 2.27. The topological polar surface area (TPSA) is 87.4 Å². The predicted molar refractivity (Wildman–Crippen MR) is 93.7 cm³/mol. The van der Waals surface area contributed by atoms with Crippen molar-refractivity contribution >= 4 is 21.3 Å². The Kier molecular flexibility index (Phi) is 5.22. The molecule has 1 amide bonds. The maximum absolute atomic E-state index is 12.3. The predicted octanol–water partition coefficient (Wildman–Crippen LogP) is 1.99. The van der Waals surface area contributed by atoms with Crippen LogP contribution in [0.25, 0.3) is 5.57 Å². The highest BCUT2D eigenvalue weighted by atomic mass is 32.2. The van der Waals surface area contributed by atoms with E-state index >= 15 is 0 Å². The molecule has 1 unspecified atom stereocenters. The van der Waals surface area contributed by atoms with Gasteiger partial charge in [-0.05, 0) is 43.4 Å². The molecule has 1 aromatic rings. The van der Waals surface area contributed by atoms with Gasteiger partial charge in [-0.2, -0.15) is 0 Å². The molecule has 2 N–H and O–H groups in total. The summed E-state index contributed by atoms with van der Waals surface area (Å²) in [5.74, 6) is -0.651. The van der Waals surface area contributed by atoms with Crippen molar-refractivity contribution in [2.75, 3.05) is 5.75 Å². The van der Waals surface area contributed by atoms with Crippen molar-refractivity contribution in [3.8, 4) is 0 Å². The summed E-state index contributed by atoms with van der Waals surface area (Å²) in [6, 6.07) is 2.83. The number of pyridine rings is 1. The molecule has 2 heterocycles. The number of nitrogens with one attached hydrogen (secondary N) is 1. The lowest BCUT2D eigenvalue weighted by molar-refractivity contribution is -0.906. The van der Waals surface area contributed by atoms with Crippen LogP contribution >= 0.6 is 0 Å². The Labute approximate surface area is 147 Å². The molecule has 0 bridgehead atoms. The molecule has 1 aliphatic heterocycles. The van der Waals surface area contributed by atoms with E-state index in [1.807, 2.05) is 6.07 Å². The van der Waals surface area contributed by atoms with Crippen molar-refractivity contribution in [2.45, 2.75) is 44.6 Å². The lowest BCUT2D eigenvalue weighted by Gasteiger charge is -2.11.